The summed E-state index contributed by atoms with van der Waals surface area (Å²) in [4.78, 5) is 3.75. The van der Waals surface area contributed by atoms with Gasteiger partial charge in [-0.25, -0.2) is 4.39 Å². The van der Waals surface area contributed by atoms with E-state index < -0.39 is 0 Å². The van der Waals surface area contributed by atoms with Crippen LogP contribution in [0.25, 0.3) is 0 Å². The molecule has 0 saturated carbocycles. The Hall–Kier alpha value is -1.22. The second-order valence-electron chi connectivity index (χ2n) is 3.35. The van der Waals surface area contributed by atoms with E-state index >= 15 is 0 Å². The van der Waals surface area contributed by atoms with E-state index in [9.17, 15) is 4.39 Å². The summed E-state index contributed by atoms with van der Waals surface area (Å²) in [6, 6.07) is 1.21. The molecule has 0 aliphatic heterocycles. The summed E-state index contributed by atoms with van der Waals surface area (Å²) in [6.45, 7) is 5.89. The Balaban J connectivity index is 2.69. The molecule has 1 aromatic heterocycles. The van der Waals surface area contributed by atoms with Gasteiger partial charge in [0, 0.05) is 12.2 Å². The molecule has 2 N–H and O–H groups in total. The first-order chi connectivity index (χ1) is 6.63. The van der Waals surface area contributed by atoms with Gasteiger partial charge >= 0.3 is 0 Å². The Kier molecular flexibility index (Phi) is 3.77. The lowest BCUT2D eigenvalue weighted by Crippen LogP contribution is -2.11. The number of pyridine rings is 1. The molecule has 0 fully saturated rings. The van der Waals surface area contributed by atoms with E-state index in [1.807, 2.05) is 6.92 Å². The maximum absolute atomic E-state index is 12.8. The van der Waals surface area contributed by atoms with Crippen molar-refractivity contribution in [3.05, 3.63) is 42.0 Å². The molecule has 3 heteroatoms. The fourth-order valence-electron chi connectivity index (χ4n) is 1.20. The van der Waals surface area contributed by atoms with Gasteiger partial charge < -0.3 is 5.73 Å². The smallest absolute Gasteiger partial charge is 0.141 e. The number of hydrogen-bond donors (Lipinski definition) is 1. The number of aromatic nitrogens is 1. The largest absolute Gasteiger partial charge is 0.324 e. The summed E-state index contributed by atoms with van der Waals surface area (Å²) in [5.74, 6) is -0.347. The molecule has 0 aliphatic carbocycles. The summed E-state index contributed by atoms with van der Waals surface area (Å²) in [6.07, 6.45) is 4.35. The van der Waals surface area contributed by atoms with E-state index in [1.54, 1.807) is 6.20 Å². The van der Waals surface area contributed by atoms with Crippen LogP contribution in [0.1, 0.15) is 31.4 Å². The van der Waals surface area contributed by atoms with Crippen molar-refractivity contribution in [2.45, 2.75) is 25.8 Å². The van der Waals surface area contributed by atoms with Gasteiger partial charge in [0.15, 0.2) is 0 Å². The number of hydrogen-bond acceptors (Lipinski definition) is 2. The SMILES string of the molecule is C=C(CC)CC(N)c1cncc(F)c1. The molecule has 0 spiro atoms. The van der Waals surface area contributed by atoms with E-state index in [-0.39, 0.29) is 11.9 Å². The highest BCUT2D eigenvalue weighted by atomic mass is 19.1. The molecule has 0 bridgehead atoms. The third kappa shape index (κ3) is 2.92. The fraction of sp³-hybridized carbons (Fsp3) is 0.364. The molecule has 1 atom stereocenters. The summed E-state index contributed by atoms with van der Waals surface area (Å²) < 4.78 is 12.8. The zero-order valence-corrected chi connectivity index (χ0v) is 8.33. The second kappa shape index (κ2) is 4.86. The standard InChI is InChI=1S/C11H15FN2/c1-3-8(2)4-11(13)9-5-10(12)7-14-6-9/h5-7,11H,2-4,13H2,1H3. The van der Waals surface area contributed by atoms with Gasteiger partial charge in [-0.15, -0.1) is 0 Å². The molecule has 14 heavy (non-hydrogen) atoms. The summed E-state index contributed by atoms with van der Waals surface area (Å²) in [5, 5.41) is 0. The van der Waals surface area contributed by atoms with Gasteiger partial charge in [-0.1, -0.05) is 19.1 Å². The molecule has 1 rings (SSSR count). The lowest BCUT2D eigenvalue weighted by Gasteiger charge is -2.12. The molecule has 0 amide bonds. The van der Waals surface area contributed by atoms with E-state index in [2.05, 4.69) is 11.6 Å². The van der Waals surface area contributed by atoms with Crippen molar-refractivity contribution < 1.29 is 4.39 Å². The average Bonchev–Trinajstić information content (AvgIpc) is 2.17. The molecular weight excluding hydrogens is 179 g/mol. The van der Waals surface area contributed by atoms with E-state index in [0.29, 0.717) is 6.42 Å². The number of halogens is 1. The van der Waals surface area contributed by atoms with Crippen molar-refractivity contribution in [2.75, 3.05) is 0 Å². The van der Waals surface area contributed by atoms with Crippen molar-refractivity contribution in [3.8, 4) is 0 Å². The number of rotatable bonds is 4. The highest BCUT2D eigenvalue weighted by molar-refractivity contribution is 5.16. The number of nitrogens with two attached hydrogens (primary N) is 1. The van der Waals surface area contributed by atoms with Gasteiger partial charge in [0.05, 0.1) is 6.20 Å². The Labute approximate surface area is 83.7 Å². The second-order valence-corrected chi connectivity index (χ2v) is 3.35. The normalized spacial score (nSPS) is 12.5. The lowest BCUT2D eigenvalue weighted by molar-refractivity contribution is 0.609. The quantitative estimate of drug-likeness (QED) is 0.748. The van der Waals surface area contributed by atoms with Crippen LogP contribution in [-0.4, -0.2) is 4.98 Å². The van der Waals surface area contributed by atoms with Crippen molar-refractivity contribution in [1.29, 1.82) is 0 Å². The van der Waals surface area contributed by atoms with Crippen LogP contribution in [0.3, 0.4) is 0 Å². The third-order valence-corrected chi connectivity index (χ3v) is 2.16. The van der Waals surface area contributed by atoms with E-state index in [0.717, 1.165) is 17.6 Å². The first-order valence-electron chi connectivity index (χ1n) is 4.66. The fourth-order valence-corrected chi connectivity index (χ4v) is 1.20. The van der Waals surface area contributed by atoms with Crippen LogP contribution < -0.4 is 5.73 Å². The van der Waals surface area contributed by atoms with Crippen LogP contribution in [0.4, 0.5) is 4.39 Å². The van der Waals surface area contributed by atoms with Crippen molar-refractivity contribution in [2.24, 2.45) is 5.73 Å². The van der Waals surface area contributed by atoms with Crippen LogP contribution in [0.15, 0.2) is 30.6 Å². The lowest BCUT2D eigenvalue weighted by atomic mass is 10.0. The molecular formula is C11H15FN2. The molecule has 76 valence electrons. The molecule has 0 aliphatic rings. The van der Waals surface area contributed by atoms with Gasteiger partial charge in [0.1, 0.15) is 5.82 Å². The van der Waals surface area contributed by atoms with Gasteiger partial charge in [0.25, 0.3) is 0 Å². The zero-order valence-electron chi connectivity index (χ0n) is 8.33. The van der Waals surface area contributed by atoms with Gasteiger partial charge in [0.2, 0.25) is 0 Å². The van der Waals surface area contributed by atoms with Crippen molar-refractivity contribution in [3.63, 3.8) is 0 Å². The summed E-state index contributed by atoms with van der Waals surface area (Å²) in [5.41, 5.74) is 7.67. The first kappa shape index (κ1) is 10.9. The topological polar surface area (TPSA) is 38.9 Å². The Morgan fingerprint density at radius 2 is 2.36 bits per heavy atom. The number of nitrogens with zero attached hydrogens (tertiary/aromatic N) is 1. The molecule has 0 radical (unpaired) electrons. The predicted octanol–water partition coefficient (Wildman–Crippen LogP) is 2.58. The minimum atomic E-state index is -0.347. The monoisotopic (exact) mass is 194 g/mol. The molecule has 2 nitrogen and oxygen atoms in total. The highest BCUT2D eigenvalue weighted by Gasteiger charge is 2.08. The maximum atomic E-state index is 12.8. The Morgan fingerprint density at radius 1 is 1.64 bits per heavy atom. The molecule has 1 unspecified atom stereocenters. The summed E-state index contributed by atoms with van der Waals surface area (Å²) >= 11 is 0. The van der Waals surface area contributed by atoms with E-state index in [4.69, 9.17) is 5.73 Å². The third-order valence-electron chi connectivity index (χ3n) is 2.16. The summed E-state index contributed by atoms with van der Waals surface area (Å²) in [7, 11) is 0. The van der Waals surface area contributed by atoms with Gasteiger partial charge in [-0.2, -0.15) is 0 Å². The van der Waals surface area contributed by atoms with Crippen molar-refractivity contribution >= 4 is 0 Å². The Bertz CT molecular complexity index is 323. The minimum Gasteiger partial charge on any atom is -0.324 e. The van der Waals surface area contributed by atoms with Crippen LogP contribution in [0.5, 0.6) is 0 Å². The average molecular weight is 194 g/mol. The van der Waals surface area contributed by atoms with Gasteiger partial charge in [-0.3, -0.25) is 4.98 Å². The van der Waals surface area contributed by atoms with Crippen LogP contribution >= 0.6 is 0 Å². The highest BCUT2D eigenvalue weighted by Crippen LogP contribution is 2.18. The maximum Gasteiger partial charge on any atom is 0.141 e. The molecule has 1 aromatic rings. The predicted molar refractivity (Wildman–Crippen MR) is 55.2 cm³/mol. The zero-order chi connectivity index (χ0) is 10.6. The molecule has 1 heterocycles. The first-order valence-corrected chi connectivity index (χ1v) is 4.66. The Morgan fingerprint density at radius 3 is 2.93 bits per heavy atom. The van der Waals surface area contributed by atoms with Crippen LogP contribution in [0.2, 0.25) is 0 Å². The van der Waals surface area contributed by atoms with Crippen LogP contribution in [-0.2, 0) is 0 Å². The molecule has 0 aromatic carbocycles. The molecule has 0 saturated heterocycles. The van der Waals surface area contributed by atoms with Gasteiger partial charge in [-0.05, 0) is 24.5 Å². The van der Waals surface area contributed by atoms with Crippen LogP contribution in [0, 0.1) is 5.82 Å². The minimum absolute atomic E-state index is 0.203. The van der Waals surface area contributed by atoms with E-state index in [1.165, 1.54) is 12.3 Å². The van der Waals surface area contributed by atoms with Crippen molar-refractivity contribution in [1.82, 2.24) is 4.98 Å².